The number of aliphatic imine (C=N–C) groups is 1. The van der Waals surface area contributed by atoms with Gasteiger partial charge in [0.25, 0.3) is 0 Å². The lowest BCUT2D eigenvalue weighted by Gasteiger charge is -2.34. The largest absolute Gasteiger partial charge is 0.466 e. The van der Waals surface area contributed by atoms with Crippen LogP contribution in [0.3, 0.4) is 0 Å². The summed E-state index contributed by atoms with van der Waals surface area (Å²) in [5.41, 5.74) is 0. The number of piperidine rings is 1. The first-order valence-electron chi connectivity index (χ1n) is 8.85. The zero-order chi connectivity index (χ0) is 17.6. The quantitative estimate of drug-likeness (QED) is 0.272. The maximum absolute atomic E-state index is 12.0. The zero-order valence-corrected chi connectivity index (χ0v) is 18.2. The molecular weight excluding hydrogens is 457 g/mol. The van der Waals surface area contributed by atoms with Crippen LogP contribution in [0.15, 0.2) is 4.99 Å². The van der Waals surface area contributed by atoms with Crippen molar-refractivity contribution < 1.29 is 17.9 Å². The van der Waals surface area contributed by atoms with Crippen LogP contribution in [0.1, 0.15) is 33.1 Å². The minimum atomic E-state index is -2.87. The third-order valence-corrected chi connectivity index (χ3v) is 6.34. The Balaban J connectivity index is 0.00000312. The molecule has 0 saturated carbocycles. The molecule has 2 heterocycles. The monoisotopic (exact) mass is 487 g/mol. The van der Waals surface area contributed by atoms with Crippen molar-refractivity contribution in [1.29, 1.82) is 0 Å². The number of nitrogens with zero attached hydrogens (tertiary/aromatic N) is 2. The second-order valence-electron chi connectivity index (χ2n) is 6.50. The summed E-state index contributed by atoms with van der Waals surface area (Å²) in [6.45, 7) is 6.94. The summed E-state index contributed by atoms with van der Waals surface area (Å²) in [5.74, 6) is 1.14. The highest BCUT2D eigenvalue weighted by molar-refractivity contribution is 14.0. The molecule has 2 aliphatic heterocycles. The van der Waals surface area contributed by atoms with Crippen LogP contribution in [-0.2, 0) is 19.4 Å². The molecule has 2 fully saturated rings. The lowest BCUT2D eigenvalue weighted by Crippen LogP contribution is -2.48. The van der Waals surface area contributed by atoms with E-state index in [1.165, 1.54) is 0 Å². The van der Waals surface area contributed by atoms with Crippen molar-refractivity contribution in [3.8, 4) is 0 Å². The number of esters is 1. The van der Waals surface area contributed by atoms with Crippen LogP contribution in [-0.4, -0.2) is 69.5 Å². The Morgan fingerprint density at radius 2 is 2.08 bits per heavy atom. The van der Waals surface area contributed by atoms with E-state index in [4.69, 9.17) is 4.74 Å². The highest BCUT2D eigenvalue weighted by atomic mass is 127. The van der Waals surface area contributed by atoms with Gasteiger partial charge in [0.2, 0.25) is 0 Å². The highest BCUT2D eigenvalue weighted by Crippen LogP contribution is 2.20. The summed E-state index contributed by atoms with van der Waals surface area (Å²) >= 11 is 0. The van der Waals surface area contributed by atoms with Crippen LogP contribution < -0.4 is 5.32 Å². The Hall–Kier alpha value is -0.580. The molecule has 0 aliphatic carbocycles. The van der Waals surface area contributed by atoms with Crippen LogP contribution in [0.25, 0.3) is 0 Å². The molecule has 2 atom stereocenters. The highest BCUT2D eigenvalue weighted by Gasteiger charge is 2.30. The molecule has 0 spiro atoms. The molecule has 2 saturated heterocycles. The van der Waals surface area contributed by atoms with Crippen molar-refractivity contribution in [3.63, 3.8) is 0 Å². The van der Waals surface area contributed by atoms with Crippen molar-refractivity contribution in [2.45, 2.75) is 33.1 Å². The summed E-state index contributed by atoms with van der Waals surface area (Å²) in [4.78, 5) is 18.7. The topological polar surface area (TPSA) is 88.1 Å². The normalized spacial score (nSPS) is 26.0. The first-order valence-corrected chi connectivity index (χ1v) is 10.7. The summed E-state index contributed by atoms with van der Waals surface area (Å²) < 4.78 is 28.3. The summed E-state index contributed by atoms with van der Waals surface area (Å²) in [7, 11) is -2.87. The van der Waals surface area contributed by atoms with Crippen LogP contribution in [0.4, 0.5) is 0 Å². The predicted molar refractivity (Wildman–Crippen MR) is 109 cm³/mol. The number of hydrogen-bond donors (Lipinski definition) is 1. The Labute approximate surface area is 167 Å². The average molecular weight is 487 g/mol. The average Bonchev–Trinajstić information content (AvgIpc) is 2.91. The molecule has 0 radical (unpaired) electrons. The van der Waals surface area contributed by atoms with Crippen LogP contribution in [0, 0.1) is 11.8 Å². The van der Waals surface area contributed by atoms with E-state index in [2.05, 4.69) is 15.2 Å². The SMILES string of the molecule is CCNC(=NCC1CCS(=O)(=O)C1)N1CCCC(C(=O)OCC)C1.I. The number of hydrogen-bond acceptors (Lipinski definition) is 5. The van der Waals surface area contributed by atoms with E-state index >= 15 is 0 Å². The number of carbonyl (C=O) groups excluding carboxylic acids is 1. The molecular formula is C16H30IN3O4S. The number of ether oxygens (including phenoxy) is 1. The van der Waals surface area contributed by atoms with Crippen molar-refractivity contribution >= 4 is 45.7 Å². The number of guanidine groups is 1. The van der Waals surface area contributed by atoms with Gasteiger partial charge in [-0.25, -0.2) is 8.42 Å². The van der Waals surface area contributed by atoms with E-state index in [0.29, 0.717) is 26.1 Å². The molecule has 0 bridgehead atoms. The summed E-state index contributed by atoms with van der Waals surface area (Å²) in [6, 6.07) is 0. The van der Waals surface area contributed by atoms with E-state index in [1.807, 2.05) is 13.8 Å². The fourth-order valence-corrected chi connectivity index (χ4v) is 5.13. The lowest BCUT2D eigenvalue weighted by molar-refractivity contribution is -0.149. The Morgan fingerprint density at radius 3 is 2.68 bits per heavy atom. The lowest BCUT2D eigenvalue weighted by atomic mass is 9.98. The molecule has 25 heavy (non-hydrogen) atoms. The van der Waals surface area contributed by atoms with E-state index in [-0.39, 0.29) is 53.3 Å². The van der Waals surface area contributed by atoms with Crippen molar-refractivity contribution in [2.24, 2.45) is 16.8 Å². The van der Waals surface area contributed by atoms with E-state index in [0.717, 1.165) is 31.9 Å². The van der Waals surface area contributed by atoms with Crippen molar-refractivity contribution in [2.75, 3.05) is 44.3 Å². The molecule has 0 aromatic heterocycles. The molecule has 0 aromatic rings. The van der Waals surface area contributed by atoms with Crippen molar-refractivity contribution in [3.05, 3.63) is 0 Å². The van der Waals surface area contributed by atoms with Crippen LogP contribution in [0.2, 0.25) is 0 Å². The molecule has 9 heteroatoms. The first kappa shape index (κ1) is 22.5. The number of rotatable bonds is 5. The third kappa shape index (κ3) is 6.92. The van der Waals surface area contributed by atoms with Gasteiger partial charge in [0.15, 0.2) is 15.8 Å². The molecule has 0 amide bonds. The van der Waals surface area contributed by atoms with E-state index in [9.17, 15) is 13.2 Å². The standard InChI is InChI=1S/C16H29N3O4S.HI/c1-3-17-16(18-10-13-7-9-24(21,22)12-13)19-8-5-6-14(11-19)15(20)23-4-2;/h13-14H,3-12H2,1-2H3,(H,17,18);1H. The number of nitrogens with one attached hydrogen (secondary N) is 1. The first-order chi connectivity index (χ1) is 11.4. The molecule has 1 N–H and O–H groups in total. The third-order valence-electron chi connectivity index (χ3n) is 4.50. The Morgan fingerprint density at radius 1 is 1.32 bits per heavy atom. The fourth-order valence-electron chi connectivity index (χ4n) is 3.28. The zero-order valence-electron chi connectivity index (χ0n) is 15.1. The Kier molecular flexibility index (Phi) is 9.47. The van der Waals surface area contributed by atoms with E-state index < -0.39 is 9.84 Å². The molecule has 2 rings (SSSR count). The van der Waals surface area contributed by atoms with Gasteiger partial charge in [-0.05, 0) is 39.0 Å². The van der Waals surface area contributed by atoms with Gasteiger partial charge < -0.3 is 15.0 Å². The molecule has 2 unspecified atom stereocenters. The second kappa shape index (κ2) is 10.5. The predicted octanol–water partition coefficient (Wildman–Crippen LogP) is 1.28. The van der Waals surface area contributed by atoms with Gasteiger partial charge in [-0.1, -0.05) is 0 Å². The van der Waals surface area contributed by atoms with E-state index in [1.54, 1.807) is 0 Å². The van der Waals surface area contributed by atoms with Gasteiger partial charge in [-0.2, -0.15) is 0 Å². The molecule has 0 aromatic carbocycles. The molecule has 146 valence electrons. The van der Waals surface area contributed by atoms with Gasteiger partial charge in [0, 0.05) is 26.2 Å². The number of carbonyl (C=O) groups is 1. The van der Waals surface area contributed by atoms with Gasteiger partial charge >= 0.3 is 5.97 Å². The van der Waals surface area contributed by atoms with Gasteiger partial charge in [0.1, 0.15) is 0 Å². The summed E-state index contributed by atoms with van der Waals surface area (Å²) in [5, 5.41) is 3.26. The maximum atomic E-state index is 12.0. The fraction of sp³-hybridized carbons (Fsp3) is 0.875. The van der Waals surface area contributed by atoms with Gasteiger partial charge in [-0.15, -0.1) is 24.0 Å². The smallest absolute Gasteiger partial charge is 0.310 e. The van der Waals surface area contributed by atoms with Crippen molar-refractivity contribution in [1.82, 2.24) is 10.2 Å². The number of likely N-dealkylation sites (tertiary alicyclic amines) is 1. The minimum Gasteiger partial charge on any atom is -0.466 e. The number of halogens is 1. The number of sulfone groups is 1. The maximum Gasteiger partial charge on any atom is 0.310 e. The van der Waals surface area contributed by atoms with Gasteiger partial charge in [0.05, 0.1) is 24.0 Å². The van der Waals surface area contributed by atoms with Gasteiger partial charge in [-0.3, -0.25) is 9.79 Å². The van der Waals surface area contributed by atoms with Crippen LogP contribution in [0.5, 0.6) is 0 Å². The second-order valence-corrected chi connectivity index (χ2v) is 8.73. The molecule has 2 aliphatic rings. The minimum absolute atomic E-state index is 0. The molecule has 7 nitrogen and oxygen atoms in total. The Bertz CT molecular complexity index is 568. The van der Waals surface area contributed by atoms with Crippen LogP contribution >= 0.6 is 24.0 Å². The summed E-state index contributed by atoms with van der Waals surface area (Å²) in [6.07, 6.45) is 2.46.